The summed E-state index contributed by atoms with van der Waals surface area (Å²) in [6, 6.07) is 5.87. The van der Waals surface area contributed by atoms with E-state index in [1.54, 1.807) is 6.07 Å². The maximum atomic E-state index is 10.4. The molecule has 0 aliphatic carbocycles. The molecule has 0 heterocycles. The Bertz CT molecular complexity index is 363. The number of rotatable bonds is 1. The third-order valence-electron chi connectivity index (χ3n) is 1.08. The molecule has 0 spiro atoms. The molecule has 0 bridgehead atoms. The Morgan fingerprint density at radius 1 is 1.33 bits per heavy atom. The van der Waals surface area contributed by atoms with Crippen molar-refractivity contribution >= 4 is 32.7 Å². The Morgan fingerprint density at radius 3 is 2.25 bits per heavy atom. The molecule has 0 aromatic heterocycles. The molecule has 0 fully saturated rings. The standard InChI is InChI=1S/C6H5IO3S.Hg/c7-5-2-1-3-6(4-5)11(8,9)10;/h1-4H,(H,8,9,10);/q;+1/p-1. The van der Waals surface area contributed by atoms with Crippen molar-refractivity contribution in [3.05, 3.63) is 27.8 Å². The van der Waals surface area contributed by atoms with Crippen LogP contribution in [0.15, 0.2) is 29.2 Å². The van der Waals surface area contributed by atoms with Crippen molar-refractivity contribution in [1.29, 1.82) is 0 Å². The maximum absolute atomic E-state index is 10.4. The first-order chi connectivity index (χ1) is 5.00. The molecule has 6 heteroatoms. The fourth-order valence-electron chi connectivity index (χ4n) is 0.623. The van der Waals surface area contributed by atoms with E-state index in [1.165, 1.54) is 18.2 Å². The first kappa shape index (κ1) is 12.8. The Balaban J connectivity index is 0.00000121. The molecule has 1 radical (unpaired) electrons. The van der Waals surface area contributed by atoms with Crippen molar-refractivity contribution in [1.82, 2.24) is 0 Å². The Morgan fingerprint density at radius 2 is 1.92 bits per heavy atom. The zero-order valence-electron chi connectivity index (χ0n) is 6.03. The minimum absolute atomic E-state index is 0. The molecule has 0 N–H and O–H groups in total. The molecule has 0 saturated carbocycles. The van der Waals surface area contributed by atoms with Crippen molar-refractivity contribution in [2.45, 2.75) is 4.90 Å². The van der Waals surface area contributed by atoms with Gasteiger partial charge < -0.3 is 4.55 Å². The van der Waals surface area contributed by atoms with Crippen molar-refractivity contribution < 1.29 is 40.6 Å². The van der Waals surface area contributed by atoms with Gasteiger partial charge in [0.1, 0.15) is 10.1 Å². The quantitative estimate of drug-likeness (QED) is 0.343. The zero-order chi connectivity index (χ0) is 8.48. The van der Waals surface area contributed by atoms with Crippen LogP contribution >= 0.6 is 22.6 Å². The molecule has 1 aromatic carbocycles. The summed E-state index contributed by atoms with van der Waals surface area (Å²) in [5, 5.41) is 0. The second-order valence-electron chi connectivity index (χ2n) is 1.91. The SMILES string of the molecule is O=S(=O)([O-])c1cccc(I)c1.[Hg+]. The molecule has 12 heavy (non-hydrogen) atoms. The van der Waals surface area contributed by atoms with Crippen molar-refractivity contribution in [2.24, 2.45) is 0 Å². The monoisotopic (exact) mass is 485 g/mol. The van der Waals surface area contributed by atoms with E-state index in [2.05, 4.69) is 0 Å². The maximum Gasteiger partial charge on any atom is 1.00 e. The number of halogens is 1. The van der Waals surface area contributed by atoms with Crippen LogP contribution in [0.3, 0.4) is 0 Å². The molecule has 0 aliphatic rings. The van der Waals surface area contributed by atoms with Crippen LogP contribution in [0.1, 0.15) is 0 Å². The predicted molar refractivity (Wildman–Crippen MR) is 47.1 cm³/mol. The van der Waals surface area contributed by atoms with Gasteiger partial charge in [0.15, 0.2) is 0 Å². The van der Waals surface area contributed by atoms with Crippen LogP contribution < -0.4 is 0 Å². The largest absolute Gasteiger partial charge is 1.00 e. The third kappa shape index (κ3) is 3.67. The van der Waals surface area contributed by atoms with Gasteiger partial charge in [0.25, 0.3) is 0 Å². The average molecular weight is 484 g/mol. The molecule has 1 rings (SSSR count). The molecule has 0 aliphatic heterocycles. The van der Waals surface area contributed by atoms with Gasteiger partial charge in [0.05, 0.1) is 4.90 Å². The molecule has 61 valence electrons. The summed E-state index contributed by atoms with van der Waals surface area (Å²) in [7, 11) is -4.28. The van der Waals surface area contributed by atoms with Gasteiger partial charge in [0, 0.05) is 3.57 Å². The minimum Gasteiger partial charge on any atom is -0.744 e. The minimum atomic E-state index is -4.28. The summed E-state index contributed by atoms with van der Waals surface area (Å²) in [5.74, 6) is 0. The van der Waals surface area contributed by atoms with Crippen LogP contribution in [0, 0.1) is 3.57 Å². The van der Waals surface area contributed by atoms with Gasteiger partial charge in [-0.3, -0.25) is 0 Å². The second-order valence-corrected chi connectivity index (χ2v) is 4.54. The summed E-state index contributed by atoms with van der Waals surface area (Å²) in [6.45, 7) is 0. The van der Waals surface area contributed by atoms with E-state index in [0.717, 1.165) is 3.57 Å². The van der Waals surface area contributed by atoms with Crippen molar-refractivity contribution in [2.75, 3.05) is 0 Å². The third-order valence-corrected chi connectivity index (χ3v) is 2.59. The fourth-order valence-corrected chi connectivity index (χ4v) is 1.89. The van der Waals surface area contributed by atoms with Gasteiger partial charge in [-0.2, -0.15) is 0 Å². The van der Waals surface area contributed by atoms with E-state index >= 15 is 0 Å². The Hall–Kier alpha value is 0.795. The van der Waals surface area contributed by atoms with Gasteiger partial charge in [-0.1, -0.05) is 6.07 Å². The molecule has 3 nitrogen and oxygen atoms in total. The summed E-state index contributed by atoms with van der Waals surface area (Å²) < 4.78 is 32.0. The van der Waals surface area contributed by atoms with Gasteiger partial charge in [0.2, 0.25) is 0 Å². The van der Waals surface area contributed by atoms with Gasteiger partial charge >= 0.3 is 27.7 Å². The first-order valence-electron chi connectivity index (χ1n) is 2.71. The van der Waals surface area contributed by atoms with Crippen LogP contribution in [0.25, 0.3) is 0 Å². The van der Waals surface area contributed by atoms with Crippen LogP contribution in [0.5, 0.6) is 0 Å². The van der Waals surface area contributed by atoms with Gasteiger partial charge in [-0.05, 0) is 40.8 Å². The molecule has 0 unspecified atom stereocenters. The van der Waals surface area contributed by atoms with E-state index in [4.69, 9.17) is 0 Å². The van der Waals surface area contributed by atoms with Crippen LogP contribution in [-0.2, 0) is 37.8 Å². The average Bonchev–Trinajstić information content (AvgIpc) is 1.86. The molecule has 0 amide bonds. The molecule has 0 saturated heterocycles. The van der Waals surface area contributed by atoms with E-state index in [1.807, 2.05) is 22.6 Å². The summed E-state index contributed by atoms with van der Waals surface area (Å²) in [4.78, 5) is -0.176. The van der Waals surface area contributed by atoms with Crippen LogP contribution in [0.2, 0.25) is 0 Å². The zero-order valence-corrected chi connectivity index (χ0v) is 14.5. The summed E-state index contributed by atoms with van der Waals surface area (Å²) in [5.41, 5.74) is 0. The van der Waals surface area contributed by atoms with Crippen molar-refractivity contribution in [3.63, 3.8) is 0 Å². The Labute approximate surface area is 105 Å². The smallest absolute Gasteiger partial charge is 0.744 e. The Kier molecular flexibility index (Phi) is 5.20. The van der Waals surface area contributed by atoms with Crippen LogP contribution in [-0.4, -0.2) is 13.0 Å². The van der Waals surface area contributed by atoms with E-state index in [0.29, 0.717) is 0 Å². The normalized spacial score (nSPS) is 10.5. The fraction of sp³-hybridized carbons (Fsp3) is 0. The predicted octanol–water partition coefficient (Wildman–Crippen LogP) is 1.19. The summed E-state index contributed by atoms with van der Waals surface area (Å²) >= 11 is 1.94. The molecule has 0 atom stereocenters. The number of benzene rings is 1. The van der Waals surface area contributed by atoms with Crippen molar-refractivity contribution in [3.8, 4) is 0 Å². The van der Waals surface area contributed by atoms with E-state index < -0.39 is 10.1 Å². The van der Waals surface area contributed by atoms with Crippen LogP contribution in [0.4, 0.5) is 0 Å². The number of hydrogen-bond acceptors (Lipinski definition) is 3. The first-order valence-corrected chi connectivity index (χ1v) is 5.20. The van der Waals surface area contributed by atoms with Gasteiger partial charge in [-0.15, -0.1) is 0 Å². The topological polar surface area (TPSA) is 57.2 Å². The number of hydrogen-bond donors (Lipinski definition) is 0. The van der Waals surface area contributed by atoms with Gasteiger partial charge in [-0.25, -0.2) is 8.42 Å². The summed E-state index contributed by atoms with van der Waals surface area (Å²) in [6.07, 6.45) is 0. The van der Waals surface area contributed by atoms with E-state index in [-0.39, 0.29) is 32.6 Å². The second kappa shape index (κ2) is 4.87. The van der Waals surface area contributed by atoms with E-state index in [9.17, 15) is 13.0 Å². The molecular formula is C6H4HgIO3S. The molecule has 1 aromatic rings. The molecular weight excluding hydrogens is 480 g/mol.